The predicted octanol–water partition coefficient (Wildman–Crippen LogP) is 3.06. The molecule has 3 nitrogen and oxygen atoms in total. The number of benzene rings is 1. The monoisotopic (exact) mass is 223 g/mol. The first kappa shape index (κ1) is 10.1. The summed E-state index contributed by atoms with van der Waals surface area (Å²) in [4.78, 5) is 13.4. The van der Waals surface area contributed by atoms with Gasteiger partial charge < -0.3 is 9.72 Å². The van der Waals surface area contributed by atoms with Gasteiger partial charge in [0.2, 0.25) is 0 Å². The second kappa shape index (κ2) is 3.95. The molecule has 1 aromatic heterocycles. The van der Waals surface area contributed by atoms with Gasteiger partial charge in [-0.15, -0.1) is 0 Å². The Morgan fingerprint density at radius 1 is 1.53 bits per heavy atom. The Hall–Kier alpha value is -1.48. The van der Waals surface area contributed by atoms with Crippen molar-refractivity contribution in [2.24, 2.45) is 0 Å². The fourth-order valence-electron chi connectivity index (χ4n) is 1.64. The average molecular weight is 224 g/mol. The number of hydrogen-bond acceptors (Lipinski definition) is 2. The van der Waals surface area contributed by atoms with Crippen LogP contribution in [0.3, 0.4) is 0 Å². The summed E-state index contributed by atoms with van der Waals surface area (Å²) in [7, 11) is 0. The molecule has 1 aromatic carbocycles. The zero-order chi connectivity index (χ0) is 10.8. The number of rotatable bonds is 3. The Balaban J connectivity index is 2.56. The number of carbonyl (C=O) groups excluding carboxylic acids is 1. The molecule has 0 aliphatic rings. The minimum atomic E-state index is -0.295. The van der Waals surface area contributed by atoms with Crippen LogP contribution < -0.4 is 0 Å². The summed E-state index contributed by atoms with van der Waals surface area (Å²) < 4.78 is 4.89. The largest absolute Gasteiger partial charge is 0.460 e. The van der Waals surface area contributed by atoms with Gasteiger partial charge in [-0.3, -0.25) is 4.79 Å². The molecule has 0 saturated carbocycles. The second-order valence-corrected chi connectivity index (χ2v) is 3.69. The molecule has 2 aromatic rings. The summed E-state index contributed by atoms with van der Waals surface area (Å²) in [6.45, 7) is 2.25. The number of H-pyrrole nitrogens is 1. The van der Waals surface area contributed by atoms with Crippen LogP contribution in [0.2, 0.25) is 5.02 Å². The van der Waals surface area contributed by atoms with Gasteiger partial charge in [-0.05, 0) is 19.1 Å². The van der Waals surface area contributed by atoms with Crippen LogP contribution in [-0.2, 0) is 9.53 Å². The second-order valence-electron chi connectivity index (χ2n) is 3.28. The molecule has 1 unspecified atom stereocenters. The first-order valence-corrected chi connectivity index (χ1v) is 4.96. The smallest absolute Gasteiger partial charge is 0.293 e. The first-order valence-electron chi connectivity index (χ1n) is 4.58. The Bertz CT molecular complexity index is 492. The van der Waals surface area contributed by atoms with Gasteiger partial charge in [-0.25, -0.2) is 0 Å². The SMILES string of the molecule is CC(OC=O)c1c[nH]c2cccc(Cl)c12. The molecular weight excluding hydrogens is 214 g/mol. The van der Waals surface area contributed by atoms with Crippen molar-refractivity contribution in [2.75, 3.05) is 0 Å². The summed E-state index contributed by atoms with van der Waals surface area (Å²) in [6.07, 6.45) is 1.52. The highest BCUT2D eigenvalue weighted by Crippen LogP contribution is 2.31. The van der Waals surface area contributed by atoms with Crippen LogP contribution in [-0.4, -0.2) is 11.5 Å². The minimum Gasteiger partial charge on any atom is -0.460 e. The highest BCUT2D eigenvalue weighted by molar-refractivity contribution is 6.35. The first-order chi connectivity index (χ1) is 7.24. The summed E-state index contributed by atoms with van der Waals surface area (Å²) in [5, 5.41) is 1.57. The molecule has 0 radical (unpaired) electrons. The van der Waals surface area contributed by atoms with Crippen LogP contribution in [0.5, 0.6) is 0 Å². The van der Waals surface area contributed by atoms with Crippen molar-refractivity contribution in [2.45, 2.75) is 13.0 Å². The van der Waals surface area contributed by atoms with Gasteiger partial charge in [-0.2, -0.15) is 0 Å². The van der Waals surface area contributed by atoms with Crippen LogP contribution in [0.15, 0.2) is 24.4 Å². The van der Waals surface area contributed by atoms with Gasteiger partial charge >= 0.3 is 0 Å². The van der Waals surface area contributed by atoms with E-state index in [9.17, 15) is 4.79 Å². The molecule has 0 fully saturated rings. The van der Waals surface area contributed by atoms with E-state index in [1.54, 1.807) is 6.92 Å². The molecule has 0 aliphatic carbocycles. The van der Waals surface area contributed by atoms with E-state index in [1.165, 1.54) is 0 Å². The fourth-order valence-corrected chi connectivity index (χ4v) is 1.93. The van der Waals surface area contributed by atoms with Crippen LogP contribution in [0.25, 0.3) is 10.9 Å². The average Bonchev–Trinajstić information content (AvgIpc) is 2.63. The molecule has 4 heteroatoms. The number of aromatic amines is 1. The van der Waals surface area contributed by atoms with E-state index in [-0.39, 0.29) is 6.10 Å². The molecule has 0 saturated heterocycles. The highest BCUT2D eigenvalue weighted by atomic mass is 35.5. The van der Waals surface area contributed by atoms with E-state index in [0.717, 1.165) is 16.5 Å². The third-order valence-electron chi connectivity index (χ3n) is 2.38. The lowest BCUT2D eigenvalue weighted by Gasteiger charge is -2.08. The molecule has 0 bridgehead atoms. The molecule has 15 heavy (non-hydrogen) atoms. The molecule has 0 amide bonds. The minimum absolute atomic E-state index is 0.295. The lowest BCUT2D eigenvalue weighted by Crippen LogP contribution is -1.96. The van der Waals surface area contributed by atoms with E-state index in [4.69, 9.17) is 16.3 Å². The molecular formula is C11H10ClNO2. The summed E-state index contributed by atoms with van der Waals surface area (Å²) in [6, 6.07) is 5.61. The highest BCUT2D eigenvalue weighted by Gasteiger charge is 2.13. The summed E-state index contributed by atoms with van der Waals surface area (Å²) in [5.41, 5.74) is 1.83. The molecule has 1 atom stereocenters. The number of ether oxygens (including phenoxy) is 1. The summed E-state index contributed by atoms with van der Waals surface area (Å²) in [5.74, 6) is 0. The quantitative estimate of drug-likeness (QED) is 0.813. The maximum atomic E-state index is 10.3. The fraction of sp³-hybridized carbons (Fsp3) is 0.182. The van der Waals surface area contributed by atoms with Crippen LogP contribution in [0, 0.1) is 0 Å². The van der Waals surface area contributed by atoms with Crippen molar-refractivity contribution >= 4 is 29.0 Å². The van der Waals surface area contributed by atoms with Gasteiger partial charge in [0.25, 0.3) is 6.47 Å². The normalized spacial score (nSPS) is 12.7. The Morgan fingerprint density at radius 2 is 2.33 bits per heavy atom. The van der Waals surface area contributed by atoms with E-state index < -0.39 is 0 Å². The van der Waals surface area contributed by atoms with Crippen molar-refractivity contribution < 1.29 is 9.53 Å². The lowest BCUT2D eigenvalue weighted by molar-refractivity contribution is -0.133. The number of fused-ring (bicyclic) bond motifs is 1. The molecule has 0 spiro atoms. The van der Waals surface area contributed by atoms with Crippen molar-refractivity contribution in [1.29, 1.82) is 0 Å². The topological polar surface area (TPSA) is 42.1 Å². The van der Waals surface area contributed by atoms with Crippen molar-refractivity contribution in [3.8, 4) is 0 Å². The van der Waals surface area contributed by atoms with Gasteiger partial charge in [0.05, 0.1) is 5.02 Å². The Kier molecular flexibility index (Phi) is 2.64. The van der Waals surface area contributed by atoms with Crippen molar-refractivity contribution in [3.05, 3.63) is 35.0 Å². The van der Waals surface area contributed by atoms with Crippen molar-refractivity contribution in [3.63, 3.8) is 0 Å². The molecule has 1 N–H and O–H groups in total. The maximum Gasteiger partial charge on any atom is 0.293 e. The van der Waals surface area contributed by atoms with Crippen LogP contribution in [0.1, 0.15) is 18.6 Å². The van der Waals surface area contributed by atoms with E-state index in [1.807, 2.05) is 24.4 Å². The Labute approximate surface area is 92.0 Å². The third kappa shape index (κ3) is 1.70. The number of carbonyl (C=O) groups is 1. The molecule has 2 rings (SSSR count). The molecule has 0 aliphatic heterocycles. The number of hydrogen-bond donors (Lipinski definition) is 1. The maximum absolute atomic E-state index is 10.3. The lowest BCUT2D eigenvalue weighted by atomic mass is 10.1. The van der Waals surface area contributed by atoms with Crippen molar-refractivity contribution in [1.82, 2.24) is 4.98 Å². The van der Waals surface area contributed by atoms with Crippen LogP contribution in [0.4, 0.5) is 0 Å². The Morgan fingerprint density at radius 3 is 3.07 bits per heavy atom. The van der Waals surface area contributed by atoms with E-state index in [0.29, 0.717) is 11.5 Å². The third-order valence-corrected chi connectivity index (χ3v) is 2.70. The standard InChI is InChI=1S/C11H10ClNO2/c1-7(15-6-14)8-5-13-10-4-2-3-9(12)11(8)10/h2-7,13H,1H3. The molecule has 78 valence electrons. The van der Waals surface area contributed by atoms with Gasteiger partial charge in [0.1, 0.15) is 6.10 Å². The predicted molar refractivity (Wildman–Crippen MR) is 58.9 cm³/mol. The van der Waals surface area contributed by atoms with E-state index in [2.05, 4.69) is 4.98 Å². The number of halogens is 1. The van der Waals surface area contributed by atoms with Gasteiger partial charge in [0, 0.05) is 22.7 Å². The zero-order valence-corrected chi connectivity index (χ0v) is 8.91. The zero-order valence-electron chi connectivity index (χ0n) is 8.16. The van der Waals surface area contributed by atoms with E-state index >= 15 is 0 Å². The number of nitrogens with one attached hydrogen (secondary N) is 1. The summed E-state index contributed by atoms with van der Waals surface area (Å²) >= 11 is 6.08. The van der Waals surface area contributed by atoms with Gasteiger partial charge in [-0.1, -0.05) is 17.7 Å². The van der Waals surface area contributed by atoms with Gasteiger partial charge in [0.15, 0.2) is 0 Å². The molecule has 1 heterocycles. The van der Waals surface area contributed by atoms with Crippen LogP contribution >= 0.6 is 11.6 Å². The number of aromatic nitrogens is 1.